The third kappa shape index (κ3) is 2.48. The summed E-state index contributed by atoms with van der Waals surface area (Å²) in [5.41, 5.74) is 4.84. The average molecular weight is 321 g/mol. The molecule has 24 heavy (non-hydrogen) atoms. The van der Waals surface area contributed by atoms with Gasteiger partial charge in [-0.1, -0.05) is 43.2 Å². The first-order chi connectivity index (χ1) is 11.7. The molecule has 0 aromatic heterocycles. The van der Waals surface area contributed by atoms with Crippen molar-refractivity contribution in [3.05, 3.63) is 59.2 Å². The van der Waals surface area contributed by atoms with Gasteiger partial charge in [0.05, 0.1) is 25.5 Å². The zero-order valence-electron chi connectivity index (χ0n) is 14.3. The van der Waals surface area contributed by atoms with Crippen molar-refractivity contribution in [2.24, 2.45) is 4.99 Å². The molecule has 0 amide bonds. The quantitative estimate of drug-likeness (QED) is 0.838. The van der Waals surface area contributed by atoms with E-state index in [1.54, 1.807) is 14.2 Å². The van der Waals surface area contributed by atoms with Crippen molar-refractivity contribution in [2.75, 3.05) is 14.2 Å². The number of hydrogen-bond acceptors (Lipinski definition) is 3. The monoisotopic (exact) mass is 321 g/mol. The molecule has 3 heteroatoms. The van der Waals surface area contributed by atoms with Gasteiger partial charge in [-0.05, 0) is 37.0 Å². The van der Waals surface area contributed by atoms with Gasteiger partial charge in [0.15, 0.2) is 11.5 Å². The molecular formula is C21H23NO2. The summed E-state index contributed by atoms with van der Waals surface area (Å²) in [5.74, 6) is 1.57. The second-order valence-corrected chi connectivity index (χ2v) is 6.80. The summed E-state index contributed by atoms with van der Waals surface area (Å²) in [6.45, 7) is 0. The highest BCUT2D eigenvalue weighted by molar-refractivity contribution is 6.15. The van der Waals surface area contributed by atoms with Gasteiger partial charge >= 0.3 is 0 Å². The van der Waals surface area contributed by atoms with Gasteiger partial charge in [-0.15, -0.1) is 0 Å². The lowest BCUT2D eigenvalue weighted by Crippen LogP contribution is -2.32. The average Bonchev–Trinajstić information content (AvgIpc) is 3.08. The summed E-state index contributed by atoms with van der Waals surface area (Å²) in [4.78, 5) is 5.28. The summed E-state index contributed by atoms with van der Waals surface area (Å²) in [6.07, 6.45) is 5.90. The van der Waals surface area contributed by atoms with Gasteiger partial charge in [0, 0.05) is 11.1 Å². The van der Waals surface area contributed by atoms with Crippen molar-refractivity contribution < 1.29 is 9.47 Å². The molecule has 1 heterocycles. The van der Waals surface area contributed by atoms with Crippen LogP contribution in [-0.2, 0) is 6.42 Å². The SMILES string of the molecule is COc1cc2c(cc1OC)C(c1ccccc1)=NC1(CCCC1)C2. The number of rotatable bonds is 3. The molecule has 2 aliphatic rings. The van der Waals surface area contributed by atoms with Crippen LogP contribution < -0.4 is 9.47 Å². The predicted octanol–water partition coefficient (Wildman–Crippen LogP) is 4.41. The first-order valence-corrected chi connectivity index (χ1v) is 8.65. The fraction of sp³-hybridized carbons (Fsp3) is 0.381. The molecule has 0 radical (unpaired) electrons. The van der Waals surface area contributed by atoms with Crippen LogP contribution >= 0.6 is 0 Å². The Morgan fingerprint density at radius 2 is 1.58 bits per heavy atom. The number of benzene rings is 2. The van der Waals surface area contributed by atoms with Crippen molar-refractivity contribution in [1.82, 2.24) is 0 Å². The maximum Gasteiger partial charge on any atom is 0.161 e. The molecule has 2 aromatic rings. The van der Waals surface area contributed by atoms with E-state index in [1.165, 1.54) is 42.4 Å². The second kappa shape index (κ2) is 5.97. The molecular weight excluding hydrogens is 298 g/mol. The smallest absolute Gasteiger partial charge is 0.161 e. The van der Waals surface area contributed by atoms with E-state index < -0.39 is 0 Å². The van der Waals surface area contributed by atoms with E-state index in [0.717, 1.165) is 23.6 Å². The lowest BCUT2D eigenvalue weighted by Gasteiger charge is -2.32. The van der Waals surface area contributed by atoms with Crippen LogP contribution in [0.3, 0.4) is 0 Å². The number of aliphatic imine (C=N–C) groups is 1. The first kappa shape index (κ1) is 15.3. The summed E-state index contributed by atoms with van der Waals surface area (Å²) in [5, 5.41) is 0. The molecule has 124 valence electrons. The molecule has 1 fully saturated rings. The Morgan fingerprint density at radius 1 is 0.917 bits per heavy atom. The second-order valence-electron chi connectivity index (χ2n) is 6.80. The standard InChI is InChI=1S/C21H23NO2/c1-23-18-12-16-14-21(10-6-7-11-21)22-20(15-8-4-3-5-9-15)17(16)13-19(18)24-2/h3-5,8-9,12-13H,6-7,10-11,14H2,1-2H3. The van der Waals surface area contributed by atoms with Crippen LogP contribution in [0.4, 0.5) is 0 Å². The maximum atomic E-state index is 5.53. The molecule has 0 unspecified atom stereocenters. The Labute approximate surface area is 143 Å². The topological polar surface area (TPSA) is 30.8 Å². The predicted molar refractivity (Wildman–Crippen MR) is 96.5 cm³/mol. The molecule has 0 atom stereocenters. The van der Waals surface area contributed by atoms with E-state index in [9.17, 15) is 0 Å². The Balaban J connectivity index is 1.91. The number of ether oxygens (including phenoxy) is 2. The van der Waals surface area contributed by atoms with Gasteiger partial charge in [-0.25, -0.2) is 0 Å². The minimum Gasteiger partial charge on any atom is -0.493 e. The molecule has 1 aliphatic heterocycles. The van der Waals surface area contributed by atoms with E-state index >= 15 is 0 Å². The van der Waals surface area contributed by atoms with E-state index in [0.29, 0.717) is 0 Å². The molecule has 1 spiro atoms. The lowest BCUT2D eigenvalue weighted by atomic mass is 9.81. The Morgan fingerprint density at radius 3 is 2.25 bits per heavy atom. The summed E-state index contributed by atoms with van der Waals surface area (Å²) < 4.78 is 11.1. The normalized spacial score (nSPS) is 18.2. The highest BCUT2D eigenvalue weighted by Gasteiger charge is 2.38. The number of methoxy groups -OCH3 is 2. The third-order valence-electron chi connectivity index (χ3n) is 5.31. The molecule has 0 bridgehead atoms. The van der Waals surface area contributed by atoms with Crippen molar-refractivity contribution in [2.45, 2.75) is 37.6 Å². The summed E-state index contributed by atoms with van der Waals surface area (Å²) in [6, 6.07) is 14.7. The fourth-order valence-corrected chi connectivity index (χ4v) is 4.12. The Hall–Kier alpha value is -2.29. The van der Waals surface area contributed by atoms with Crippen LogP contribution in [-0.4, -0.2) is 25.5 Å². The fourth-order valence-electron chi connectivity index (χ4n) is 4.12. The molecule has 2 aromatic carbocycles. The van der Waals surface area contributed by atoms with E-state index in [1.807, 2.05) is 6.07 Å². The van der Waals surface area contributed by atoms with Gasteiger partial charge in [-0.2, -0.15) is 0 Å². The maximum absolute atomic E-state index is 5.53. The van der Waals surface area contributed by atoms with E-state index in [-0.39, 0.29) is 5.54 Å². The van der Waals surface area contributed by atoms with Crippen LogP contribution in [0.5, 0.6) is 11.5 Å². The highest BCUT2D eigenvalue weighted by atomic mass is 16.5. The zero-order chi connectivity index (χ0) is 16.6. The van der Waals surface area contributed by atoms with Crippen LogP contribution in [0.2, 0.25) is 0 Å². The number of fused-ring (bicyclic) bond motifs is 1. The van der Waals surface area contributed by atoms with Crippen LogP contribution in [0, 0.1) is 0 Å². The molecule has 4 rings (SSSR count). The minimum absolute atomic E-state index is 0.0672. The van der Waals surface area contributed by atoms with Gasteiger partial charge in [0.25, 0.3) is 0 Å². The number of nitrogens with zero attached hydrogens (tertiary/aromatic N) is 1. The Bertz CT molecular complexity index is 774. The van der Waals surface area contributed by atoms with Crippen molar-refractivity contribution >= 4 is 5.71 Å². The summed E-state index contributed by atoms with van der Waals surface area (Å²) >= 11 is 0. The van der Waals surface area contributed by atoms with Gasteiger partial charge in [0.1, 0.15) is 0 Å². The van der Waals surface area contributed by atoms with Crippen molar-refractivity contribution in [3.8, 4) is 11.5 Å². The van der Waals surface area contributed by atoms with Crippen LogP contribution in [0.15, 0.2) is 47.5 Å². The highest BCUT2D eigenvalue weighted by Crippen LogP contribution is 2.43. The lowest BCUT2D eigenvalue weighted by molar-refractivity contribution is 0.353. The minimum atomic E-state index is 0.0672. The summed E-state index contributed by atoms with van der Waals surface area (Å²) in [7, 11) is 3.38. The van der Waals surface area contributed by atoms with Gasteiger partial charge in [-0.3, -0.25) is 4.99 Å². The van der Waals surface area contributed by atoms with E-state index in [2.05, 4.69) is 36.4 Å². The van der Waals surface area contributed by atoms with Crippen molar-refractivity contribution in [1.29, 1.82) is 0 Å². The molecule has 3 nitrogen and oxygen atoms in total. The first-order valence-electron chi connectivity index (χ1n) is 8.65. The number of hydrogen-bond donors (Lipinski definition) is 0. The van der Waals surface area contributed by atoms with Crippen LogP contribution in [0.25, 0.3) is 0 Å². The van der Waals surface area contributed by atoms with Gasteiger partial charge < -0.3 is 9.47 Å². The van der Waals surface area contributed by atoms with E-state index in [4.69, 9.17) is 14.5 Å². The van der Waals surface area contributed by atoms with Gasteiger partial charge in [0.2, 0.25) is 0 Å². The Kier molecular flexibility index (Phi) is 3.79. The molecule has 0 N–H and O–H groups in total. The molecule has 0 saturated heterocycles. The largest absolute Gasteiger partial charge is 0.493 e. The molecule has 1 aliphatic carbocycles. The molecule has 1 saturated carbocycles. The van der Waals surface area contributed by atoms with Crippen LogP contribution in [0.1, 0.15) is 42.4 Å². The zero-order valence-corrected chi connectivity index (χ0v) is 14.3. The third-order valence-corrected chi connectivity index (χ3v) is 5.31. The van der Waals surface area contributed by atoms with Crippen molar-refractivity contribution in [3.63, 3.8) is 0 Å².